The van der Waals surface area contributed by atoms with Crippen LogP contribution in [0.3, 0.4) is 0 Å². The smallest absolute Gasteiger partial charge is 0.265 e. The van der Waals surface area contributed by atoms with Gasteiger partial charge < -0.3 is 14.4 Å². The number of aromatic nitrogens is 4. The number of hydrogen-bond acceptors (Lipinski definition) is 7. The van der Waals surface area contributed by atoms with Gasteiger partial charge in [0.1, 0.15) is 5.52 Å². The largest absolute Gasteiger partial charge is 0.504 e. The topological polar surface area (TPSA) is 97.5 Å². The number of aryl methyl sites for hydroxylation is 1. The SMILES string of the molecule is CCCCCCn1c2ccccc2c2nnc(N/N=C/c3cc(I)c(O)c(OC)c3)nc21. The van der Waals surface area contributed by atoms with Gasteiger partial charge in [0.25, 0.3) is 5.95 Å². The number of fused-ring (bicyclic) bond motifs is 3. The van der Waals surface area contributed by atoms with Crippen molar-refractivity contribution >= 4 is 56.8 Å². The third-order valence-corrected chi connectivity index (χ3v) is 6.08. The van der Waals surface area contributed by atoms with Crippen molar-refractivity contribution in [3.63, 3.8) is 0 Å². The fraction of sp³-hybridized carbons (Fsp3) is 0.304. The molecule has 0 radical (unpaired) electrons. The molecule has 4 aromatic rings. The van der Waals surface area contributed by atoms with Crippen LogP contribution in [0.2, 0.25) is 0 Å². The summed E-state index contributed by atoms with van der Waals surface area (Å²) < 4.78 is 8.09. The summed E-state index contributed by atoms with van der Waals surface area (Å²) in [5, 5.41) is 23.9. The number of benzene rings is 2. The normalized spacial score (nSPS) is 11.6. The maximum absolute atomic E-state index is 9.98. The number of nitrogens with one attached hydrogen (secondary N) is 1. The Morgan fingerprint density at radius 1 is 1.19 bits per heavy atom. The second-order valence-electron chi connectivity index (χ2n) is 7.46. The number of methoxy groups -OCH3 is 1. The van der Waals surface area contributed by atoms with E-state index in [1.807, 2.05) is 34.7 Å². The molecule has 0 aliphatic carbocycles. The second-order valence-corrected chi connectivity index (χ2v) is 8.62. The maximum Gasteiger partial charge on any atom is 0.265 e. The Hall–Kier alpha value is -2.95. The van der Waals surface area contributed by atoms with Gasteiger partial charge in [-0.15, -0.1) is 10.2 Å². The molecule has 8 nitrogen and oxygen atoms in total. The molecule has 0 spiro atoms. The van der Waals surface area contributed by atoms with E-state index in [1.165, 1.54) is 26.4 Å². The van der Waals surface area contributed by atoms with Gasteiger partial charge in [0.2, 0.25) is 0 Å². The van der Waals surface area contributed by atoms with Gasteiger partial charge in [0.05, 0.1) is 22.4 Å². The Kier molecular flexibility index (Phi) is 7.03. The molecule has 2 aromatic heterocycles. The third kappa shape index (κ3) is 4.62. The first-order valence-corrected chi connectivity index (χ1v) is 11.7. The average Bonchev–Trinajstić information content (AvgIpc) is 3.12. The van der Waals surface area contributed by atoms with Crippen molar-refractivity contribution in [2.45, 2.75) is 39.2 Å². The van der Waals surface area contributed by atoms with Crippen molar-refractivity contribution in [1.29, 1.82) is 0 Å². The molecular weight excluding hydrogens is 519 g/mol. The number of para-hydroxylation sites is 1. The van der Waals surface area contributed by atoms with Gasteiger partial charge in [-0.3, -0.25) is 0 Å². The predicted octanol–water partition coefficient (Wildman–Crippen LogP) is 5.32. The minimum atomic E-state index is 0.114. The number of unbranched alkanes of at least 4 members (excludes halogenated alkanes) is 3. The standard InChI is InChI=1S/C23H25IN6O2/c1-3-4-5-8-11-30-18-10-7-6-9-16(18)20-22(30)26-23(29-27-20)28-25-14-15-12-17(24)21(31)19(13-15)32-2/h6-7,9-10,12-14,31H,3-5,8,11H2,1-2H3,(H,26,28,29)/b25-14+. The molecule has 0 amide bonds. The van der Waals surface area contributed by atoms with E-state index in [2.05, 4.69) is 44.3 Å². The Bertz CT molecular complexity index is 1270. The molecule has 0 fully saturated rings. The van der Waals surface area contributed by atoms with Gasteiger partial charge in [-0.1, -0.05) is 44.4 Å². The molecule has 0 atom stereocenters. The van der Waals surface area contributed by atoms with E-state index in [9.17, 15) is 5.11 Å². The number of nitrogens with zero attached hydrogens (tertiary/aromatic N) is 5. The molecule has 166 valence electrons. The van der Waals surface area contributed by atoms with Crippen molar-refractivity contribution in [3.8, 4) is 11.5 Å². The number of aromatic hydroxyl groups is 1. The lowest BCUT2D eigenvalue weighted by molar-refractivity contribution is 0.371. The Morgan fingerprint density at radius 3 is 2.84 bits per heavy atom. The van der Waals surface area contributed by atoms with Crippen LogP contribution >= 0.6 is 22.6 Å². The van der Waals surface area contributed by atoms with E-state index in [-0.39, 0.29) is 5.75 Å². The monoisotopic (exact) mass is 544 g/mol. The fourth-order valence-corrected chi connectivity index (χ4v) is 4.29. The van der Waals surface area contributed by atoms with Crippen LogP contribution in [0, 0.1) is 3.57 Å². The summed E-state index contributed by atoms with van der Waals surface area (Å²) in [4.78, 5) is 4.71. The van der Waals surface area contributed by atoms with Gasteiger partial charge in [0.15, 0.2) is 17.1 Å². The summed E-state index contributed by atoms with van der Waals surface area (Å²) in [5.74, 6) is 0.833. The molecule has 2 aromatic carbocycles. The molecule has 0 aliphatic rings. The van der Waals surface area contributed by atoms with Crippen LogP contribution < -0.4 is 10.2 Å². The fourth-order valence-electron chi connectivity index (χ4n) is 3.66. The maximum atomic E-state index is 9.98. The highest BCUT2D eigenvalue weighted by Gasteiger charge is 2.14. The quantitative estimate of drug-likeness (QED) is 0.128. The van der Waals surface area contributed by atoms with E-state index in [1.54, 1.807) is 18.3 Å². The summed E-state index contributed by atoms with van der Waals surface area (Å²) in [6.07, 6.45) is 6.33. The Balaban J connectivity index is 1.61. The summed E-state index contributed by atoms with van der Waals surface area (Å²) in [6, 6.07) is 11.7. The zero-order valence-corrected chi connectivity index (χ0v) is 20.2. The molecule has 0 saturated heterocycles. The van der Waals surface area contributed by atoms with E-state index < -0.39 is 0 Å². The number of rotatable bonds is 9. The average molecular weight is 544 g/mol. The lowest BCUT2D eigenvalue weighted by atomic mass is 10.2. The minimum Gasteiger partial charge on any atom is -0.504 e. The summed E-state index contributed by atoms with van der Waals surface area (Å²) in [6.45, 7) is 3.10. The molecule has 0 aliphatic heterocycles. The van der Waals surface area contributed by atoms with Gasteiger partial charge in [-0.25, -0.2) is 5.43 Å². The van der Waals surface area contributed by atoms with E-state index >= 15 is 0 Å². The number of anilines is 1. The van der Waals surface area contributed by atoms with Gasteiger partial charge in [-0.2, -0.15) is 10.1 Å². The summed E-state index contributed by atoms with van der Waals surface area (Å²) in [5.41, 5.74) is 6.36. The second kappa shape index (κ2) is 10.1. The molecule has 0 unspecified atom stereocenters. The van der Waals surface area contributed by atoms with E-state index in [4.69, 9.17) is 9.72 Å². The minimum absolute atomic E-state index is 0.114. The van der Waals surface area contributed by atoms with Crippen LogP contribution in [0.1, 0.15) is 38.2 Å². The van der Waals surface area contributed by atoms with Crippen LogP contribution in [0.25, 0.3) is 22.1 Å². The highest BCUT2D eigenvalue weighted by molar-refractivity contribution is 14.1. The molecular formula is C23H25IN6O2. The van der Waals surface area contributed by atoms with E-state index in [0.717, 1.165) is 40.6 Å². The zero-order chi connectivity index (χ0) is 22.5. The molecule has 2 heterocycles. The molecule has 32 heavy (non-hydrogen) atoms. The van der Waals surface area contributed by atoms with Gasteiger partial charge in [0, 0.05) is 11.9 Å². The van der Waals surface area contributed by atoms with Crippen molar-refractivity contribution in [2.75, 3.05) is 12.5 Å². The summed E-state index contributed by atoms with van der Waals surface area (Å²) >= 11 is 2.05. The lowest BCUT2D eigenvalue weighted by Gasteiger charge is -2.07. The number of phenols is 1. The molecule has 9 heteroatoms. The summed E-state index contributed by atoms with van der Waals surface area (Å²) in [7, 11) is 1.51. The number of ether oxygens (including phenoxy) is 1. The van der Waals surface area contributed by atoms with Crippen LogP contribution in [0.4, 0.5) is 5.95 Å². The van der Waals surface area contributed by atoms with Crippen molar-refractivity contribution in [3.05, 3.63) is 45.5 Å². The molecule has 4 rings (SSSR count). The third-order valence-electron chi connectivity index (χ3n) is 5.26. The van der Waals surface area contributed by atoms with Crippen molar-refractivity contribution < 1.29 is 9.84 Å². The van der Waals surface area contributed by atoms with Crippen LogP contribution in [0.15, 0.2) is 41.5 Å². The highest BCUT2D eigenvalue weighted by atomic mass is 127. The number of phenolic OH excluding ortho intramolecular Hbond substituents is 1. The van der Waals surface area contributed by atoms with Crippen LogP contribution in [-0.4, -0.2) is 38.2 Å². The number of halogens is 1. The zero-order valence-electron chi connectivity index (χ0n) is 18.0. The number of hydrazone groups is 1. The predicted molar refractivity (Wildman–Crippen MR) is 136 cm³/mol. The van der Waals surface area contributed by atoms with Crippen LogP contribution in [-0.2, 0) is 6.54 Å². The van der Waals surface area contributed by atoms with E-state index in [0.29, 0.717) is 15.3 Å². The first-order valence-electron chi connectivity index (χ1n) is 10.6. The van der Waals surface area contributed by atoms with Crippen LogP contribution in [0.5, 0.6) is 11.5 Å². The number of hydrogen-bond donors (Lipinski definition) is 2. The van der Waals surface area contributed by atoms with Crippen molar-refractivity contribution in [1.82, 2.24) is 19.7 Å². The highest BCUT2D eigenvalue weighted by Crippen LogP contribution is 2.32. The first kappa shape index (κ1) is 22.3. The molecule has 0 saturated carbocycles. The molecule has 2 N–H and O–H groups in total. The van der Waals surface area contributed by atoms with Gasteiger partial charge in [-0.05, 0) is 52.8 Å². The Labute approximate surface area is 199 Å². The first-order chi connectivity index (χ1) is 15.6. The van der Waals surface area contributed by atoms with Gasteiger partial charge >= 0.3 is 0 Å². The molecule has 0 bridgehead atoms. The Morgan fingerprint density at radius 2 is 2.03 bits per heavy atom. The lowest BCUT2D eigenvalue weighted by Crippen LogP contribution is -2.03. The van der Waals surface area contributed by atoms with Crippen molar-refractivity contribution in [2.24, 2.45) is 5.10 Å².